The summed E-state index contributed by atoms with van der Waals surface area (Å²) in [5.74, 6) is 0.223. The third-order valence-corrected chi connectivity index (χ3v) is 5.36. The van der Waals surface area contributed by atoms with Gasteiger partial charge in [-0.3, -0.25) is 4.68 Å². The van der Waals surface area contributed by atoms with Crippen LogP contribution < -0.4 is 4.74 Å². The van der Waals surface area contributed by atoms with Crippen molar-refractivity contribution < 1.29 is 13.2 Å². The Kier molecular flexibility index (Phi) is 4.65. The minimum atomic E-state index is -3.86. The fourth-order valence-corrected chi connectivity index (χ4v) is 3.41. The van der Waals surface area contributed by atoms with Crippen LogP contribution in [0.5, 0.6) is 5.75 Å². The molecule has 0 saturated carbocycles. The van der Waals surface area contributed by atoms with Crippen molar-refractivity contribution in [2.45, 2.75) is 25.3 Å². The van der Waals surface area contributed by atoms with Crippen LogP contribution in [-0.2, 0) is 22.7 Å². The SMILES string of the molecule is Cc1ccc(OCc2c(Br)c(C)nn2C)c(S(=O)(=O)Cl)c1. The Hall–Kier alpha value is -1.05. The van der Waals surface area contributed by atoms with E-state index in [1.54, 1.807) is 30.8 Å². The first-order valence-electron chi connectivity index (χ1n) is 6.06. The molecule has 1 aromatic heterocycles. The lowest BCUT2D eigenvalue weighted by atomic mass is 10.2. The summed E-state index contributed by atoms with van der Waals surface area (Å²) in [7, 11) is 3.38. The summed E-state index contributed by atoms with van der Waals surface area (Å²) in [6.07, 6.45) is 0. The summed E-state index contributed by atoms with van der Waals surface area (Å²) in [5.41, 5.74) is 2.44. The molecular weight excluding hydrogens is 380 g/mol. The molecule has 2 rings (SSSR count). The number of ether oxygens (including phenoxy) is 1. The molecule has 1 heterocycles. The molecule has 0 unspecified atom stereocenters. The summed E-state index contributed by atoms with van der Waals surface area (Å²) in [4.78, 5) is -0.0285. The van der Waals surface area contributed by atoms with E-state index in [4.69, 9.17) is 15.4 Å². The van der Waals surface area contributed by atoms with Gasteiger partial charge in [-0.2, -0.15) is 5.10 Å². The molecule has 1 aromatic carbocycles. The Labute approximate surface area is 136 Å². The molecule has 0 fully saturated rings. The molecule has 0 saturated heterocycles. The standard InChI is InChI=1S/C13H14BrClN2O3S/c1-8-4-5-11(12(6-8)21(15,18)19)20-7-10-13(14)9(2)16-17(10)3/h4-6H,7H2,1-3H3. The van der Waals surface area contributed by atoms with Gasteiger partial charge < -0.3 is 4.74 Å². The second kappa shape index (κ2) is 5.98. The van der Waals surface area contributed by atoms with Crippen LogP contribution in [0.2, 0.25) is 0 Å². The normalized spacial score (nSPS) is 11.7. The highest BCUT2D eigenvalue weighted by atomic mass is 79.9. The van der Waals surface area contributed by atoms with E-state index < -0.39 is 9.05 Å². The Balaban J connectivity index is 2.33. The van der Waals surface area contributed by atoms with Gasteiger partial charge >= 0.3 is 0 Å². The zero-order valence-corrected chi connectivity index (χ0v) is 14.9. The average molecular weight is 394 g/mol. The van der Waals surface area contributed by atoms with Crippen molar-refractivity contribution in [3.05, 3.63) is 39.6 Å². The Morgan fingerprint density at radius 3 is 2.57 bits per heavy atom. The van der Waals surface area contributed by atoms with Gasteiger partial charge in [-0.15, -0.1) is 0 Å². The third-order valence-electron chi connectivity index (χ3n) is 2.99. The number of hydrogen-bond donors (Lipinski definition) is 0. The second-order valence-electron chi connectivity index (χ2n) is 4.65. The van der Waals surface area contributed by atoms with Crippen LogP contribution in [0, 0.1) is 13.8 Å². The topological polar surface area (TPSA) is 61.2 Å². The van der Waals surface area contributed by atoms with Crippen LogP contribution in [0.3, 0.4) is 0 Å². The zero-order valence-electron chi connectivity index (χ0n) is 11.7. The van der Waals surface area contributed by atoms with E-state index in [0.29, 0.717) is 0 Å². The van der Waals surface area contributed by atoms with Crippen LogP contribution in [0.15, 0.2) is 27.6 Å². The molecule has 8 heteroatoms. The summed E-state index contributed by atoms with van der Waals surface area (Å²) in [6.45, 7) is 3.84. The van der Waals surface area contributed by atoms with Gasteiger partial charge in [0.15, 0.2) is 0 Å². The van der Waals surface area contributed by atoms with E-state index in [0.717, 1.165) is 21.4 Å². The highest BCUT2D eigenvalue weighted by Crippen LogP contribution is 2.29. The summed E-state index contributed by atoms with van der Waals surface area (Å²) < 4.78 is 31.4. The number of aryl methyl sites for hydroxylation is 3. The first kappa shape index (κ1) is 16.3. The summed E-state index contributed by atoms with van der Waals surface area (Å²) in [6, 6.07) is 4.85. The zero-order chi connectivity index (χ0) is 15.8. The van der Waals surface area contributed by atoms with Crippen molar-refractivity contribution in [3.63, 3.8) is 0 Å². The first-order chi connectivity index (χ1) is 9.70. The van der Waals surface area contributed by atoms with Crippen LogP contribution in [0.1, 0.15) is 17.0 Å². The number of benzene rings is 1. The minimum Gasteiger partial charge on any atom is -0.486 e. The van der Waals surface area contributed by atoms with Gasteiger partial charge in [-0.05, 0) is 47.5 Å². The maximum atomic E-state index is 11.6. The van der Waals surface area contributed by atoms with Crippen molar-refractivity contribution in [2.75, 3.05) is 0 Å². The lowest BCUT2D eigenvalue weighted by Gasteiger charge is -2.11. The predicted molar refractivity (Wildman–Crippen MR) is 84.2 cm³/mol. The molecular formula is C13H14BrClN2O3S. The Morgan fingerprint density at radius 1 is 1.38 bits per heavy atom. The van der Waals surface area contributed by atoms with Crippen LogP contribution in [0.25, 0.3) is 0 Å². The van der Waals surface area contributed by atoms with Gasteiger partial charge in [-0.1, -0.05) is 6.07 Å². The lowest BCUT2D eigenvalue weighted by Crippen LogP contribution is -2.06. The monoisotopic (exact) mass is 392 g/mol. The van der Waals surface area contributed by atoms with Crippen LogP contribution >= 0.6 is 26.6 Å². The molecule has 0 aliphatic rings. The largest absolute Gasteiger partial charge is 0.486 e. The fraction of sp³-hybridized carbons (Fsp3) is 0.308. The van der Waals surface area contributed by atoms with Crippen molar-refractivity contribution in [3.8, 4) is 5.75 Å². The highest BCUT2D eigenvalue weighted by Gasteiger charge is 2.18. The van der Waals surface area contributed by atoms with Crippen molar-refractivity contribution >= 4 is 35.7 Å². The number of halogens is 2. The number of hydrogen-bond acceptors (Lipinski definition) is 4. The predicted octanol–water partition coefficient (Wildman–Crippen LogP) is 3.31. The van der Waals surface area contributed by atoms with Crippen molar-refractivity contribution in [1.29, 1.82) is 0 Å². The lowest BCUT2D eigenvalue weighted by molar-refractivity contribution is 0.286. The molecule has 0 N–H and O–H groups in total. The van der Waals surface area contributed by atoms with Crippen LogP contribution in [0.4, 0.5) is 0 Å². The minimum absolute atomic E-state index is 0.0285. The maximum Gasteiger partial charge on any atom is 0.264 e. The number of aromatic nitrogens is 2. The molecule has 21 heavy (non-hydrogen) atoms. The summed E-state index contributed by atoms with van der Waals surface area (Å²) >= 11 is 3.44. The second-order valence-corrected chi connectivity index (χ2v) is 7.97. The van der Waals surface area contributed by atoms with Gasteiger partial charge in [0.1, 0.15) is 17.3 Å². The summed E-state index contributed by atoms with van der Waals surface area (Å²) in [5, 5.41) is 4.25. The third kappa shape index (κ3) is 3.59. The van der Waals surface area contributed by atoms with E-state index in [1.807, 2.05) is 6.92 Å². The van der Waals surface area contributed by atoms with E-state index >= 15 is 0 Å². The Morgan fingerprint density at radius 2 is 2.05 bits per heavy atom. The van der Waals surface area contributed by atoms with Gasteiger partial charge in [0, 0.05) is 17.7 Å². The molecule has 0 aliphatic carbocycles. The van der Waals surface area contributed by atoms with Gasteiger partial charge in [0.05, 0.1) is 15.9 Å². The smallest absolute Gasteiger partial charge is 0.264 e. The molecule has 114 valence electrons. The molecule has 2 aromatic rings. The highest BCUT2D eigenvalue weighted by molar-refractivity contribution is 9.10. The molecule has 0 atom stereocenters. The first-order valence-corrected chi connectivity index (χ1v) is 9.16. The Bertz CT molecular complexity index is 787. The average Bonchev–Trinajstić information content (AvgIpc) is 2.61. The number of nitrogens with zero attached hydrogens (tertiary/aromatic N) is 2. The molecule has 0 spiro atoms. The quantitative estimate of drug-likeness (QED) is 0.748. The maximum absolute atomic E-state index is 11.6. The molecule has 0 radical (unpaired) electrons. The number of rotatable bonds is 4. The van der Waals surface area contributed by atoms with E-state index in [9.17, 15) is 8.42 Å². The molecule has 0 aliphatic heterocycles. The van der Waals surface area contributed by atoms with Crippen molar-refractivity contribution in [1.82, 2.24) is 9.78 Å². The van der Waals surface area contributed by atoms with Gasteiger partial charge in [0.2, 0.25) is 0 Å². The van der Waals surface area contributed by atoms with E-state index in [2.05, 4.69) is 21.0 Å². The van der Waals surface area contributed by atoms with Gasteiger partial charge in [-0.25, -0.2) is 8.42 Å². The van der Waals surface area contributed by atoms with Gasteiger partial charge in [0.25, 0.3) is 9.05 Å². The molecule has 0 amide bonds. The fourth-order valence-electron chi connectivity index (χ4n) is 1.91. The molecule has 0 bridgehead atoms. The van der Waals surface area contributed by atoms with E-state index in [-0.39, 0.29) is 17.3 Å². The van der Waals surface area contributed by atoms with E-state index in [1.165, 1.54) is 6.07 Å². The molecule has 5 nitrogen and oxygen atoms in total. The van der Waals surface area contributed by atoms with Crippen LogP contribution in [-0.4, -0.2) is 18.2 Å². The van der Waals surface area contributed by atoms with Crippen molar-refractivity contribution in [2.24, 2.45) is 7.05 Å².